The van der Waals surface area contributed by atoms with Crippen molar-refractivity contribution in [3.8, 4) is 22.6 Å². The molecule has 0 amide bonds. The molecule has 7 heteroatoms. The number of ether oxygens (including phenoxy) is 3. The van der Waals surface area contributed by atoms with E-state index in [0.717, 1.165) is 16.7 Å². The number of carbonyl (C=O) groups is 2. The number of halogens is 1. The van der Waals surface area contributed by atoms with E-state index in [2.05, 4.69) is 4.99 Å². The highest BCUT2D eigenvalue weighted by molar-refractivity contribution is 6.32. The van der Waals surface area contributed by atoms with Gasteiger partial charge >= 0.3 is 11.9 Å². The van der Waals surface area contributed by atoms with Gasteiger partial charge in [0.25, 0.3) is 0 Å². The lowest BCUT2D eigenvalue weighted by atomic mass is 10.0. The molecular weight excluding hydrogens is 502 g/mol. The maximum absolute atomic E-state index is 12.7. The second-order valence-corrected chi connectivity index (χ2v) is 8.93. The van der Waals surface area contributed by atoms with Gasteiger partial charge in [-0.15, -0.1) is 0 Å². The molecule has 0 saturated carbocycles. The van der Waals surface area contributed by atoms with Crippen LogP contribution in [0.2, 0.25) is 5.02 Å². The largest absolute Gasteiger partial charge is 0.493 e. The number of aliphatic imine (C=N–C) groups is 1. The average Bonchev–Trinajstić information content (AvgIpc) is 3.30. The molecule has 6 nitrogen and oxygen atoms in total. The molecule has 38 heavy (non-hydrogen) atoms. The van der Waals surface area contributed by atoms with Crippen LogP contribution in [-0.2, 0) is 9.53 Å². The van der Waals surface area contributed by atoms with Crippen LogP contribution in [0.3, 0.4) is 0 Å². The van der Waals surface area contributed by atoms with Gasteiger partial charge in [-0.1, -0.05) is 72.3 Å². The molecule has 0 aromatic heterocycles. The molecule has 0 atom stereocenters. The van der Waals surface area contributed by atoms with E-state index in [0.29, 0.717) is 16.7 Å². The number of cyclic esters (lactones) is 1. The summed E-state index contributed by atoms with van der Waals surface area (Å²) in [5.74, 6) is -0.610. The van der Waals surface area contributed by atoms with Crippen molar-refractivity contribution in [3.05, 3.63) is 124 Å². The standard InChI is InChI=1S/C31H22ClNO5/c1-19-8-6-7-11-24(19)30(34)37-28-25(32)16-20(18-27(28)36-2)17-26-31(35)38-29(33-26)23-14-12-22(13-15-23)21-9-4-3-5-10-21/h3-18H,1-2H3/b26-17-. The van der Waals surface area contributed by atoms with Gasteiger partial charge in [-0.2, -0.15) is 0 Å². The first-order chi connectivity index (χ1) is 18.4. The first-order valence-electron chi connectivity index (χ1n) is 11.8. The monoisotopic (exact) mass is 523 g/mol. The SMILES string of the molecule is COc1cc(/C=C2\N=C(c3ccc(-c4ccccc4)cc3)OC2=O)cc(Cl)c1OC(=O)c1ccccc1C. The lowest BCUT2D eigenvalue weighted by Gasteiger charge is -2.13. The summed E-state index contributed by atoms with van der Waals surface area (Å²) in [6.45, 7) is 1.82. The molecule has 0 aliphatic carbocycles. The van der Waals surface area contributed by atoms with E-state index in [1.807, 2.05) is 73.7 Å². The molecule has 4 aromatic rings. The van der Waals surface area contributed by atoms with Gasteiger partial charge in [-0.25, -0.2) is 14.6 Å². The average molecular weight is 524 g/mol. The number of aryl methyl sites for hydroxylation is 1. The second kappa shape index (κ2) is 10.7. The van der Waals surface area contributed by atoms with Crippen LogP contribution in [0.15, 0.2) is 102 Å². The van der Waals surface area contributed by atoms with Crippen molar-refractivity contribution in [2.75, 3.05) is 7.11 Å². The lowest BCUT2D eigenvalue weighted by Crippen LogP contribution is -2.11. The fraction of sp³-hybridized carbons (Fsp3) is 0.0645. The number of nitrogens with zero attached hydrogens (tertiary/aromatic N) is 1. The van der Waals surface area contributed by atoms with Crippen molar-refractivity contribution in [3.63, 3.8) is 0 Å². The van der Waals surface area contributed by atoms with Crippen LogP contribution >= 0.6 is 11.6 Å². The zero-order valence-electron chi connectivity index (χ0n) is 20.6. The summed E-state index contributed by atoms with van der Waals surface area (Å²) in [6, 6.07) is 27.8. The Morgan fingerprint density at radius 3 is 2.26 bits per heavy atom. The molecule has 0 unspecified atom stereocenters. The van der Waals surface area contributed by atoms with Crippen molar-refractivity contribution >= 4 is 35.5 Å². The molecule has 0 spiro atoms. The van der Waals surface area contributed by atoms with Crippen LogP contribution < -0.4 is 9.47 Å². The molecule has 0 fully saturated rings. The molecule has 0 saturated heterocycles. The molecule has 0 bridgehead atoms. The number of rotatable bonds is 6. The molecule has 0 radical (unpaired) electrons. The van der Waals surface area contributed by atoms with Gasteiger partial charge in [0.2, 0.25) is 5.90 Å². The Labute approximate surface area is 224 Å². The number of hydrogen-bond acceptors (Lipinski definition) is 6. The summed E-state index contributed by atoms with van der Waals surface area (Å²) in [6.07, 6.45) is 1.54. The van der Waals surface area contributed by atoms with Crippen molar-refractivity contribution in [2.45, 2.75) is 6.92 Å². The van der Waals surface area contributed by atoms with Crippen LogP contribution in [0.5, 0.6) is 11.5 Å². The fourth-order valence-corrected chi connectivity index (χ4v) is 4.26. The molecule has 4 aromatic carbocycles. The normalized spacial score (nSPS) is 13.7. The number of carbonyl (C=O) groups excluding carboxylic acids is 2. The Bertz CT molecular complexity index is 1590. The van der Waals surface area contributed by atoms with Crippen molar-refractivity contribution in [1.82, 2.24) is 0 Å². The summed E-state index contributed by atoms with van der Waals surface area (Å²) >= 11 is 6.46. The molecular formula is C31H22ClNO5. The summed E-state index contributed by atoms with van der Waals surface area (Å²) in [5, 5.41) is 0.144. The highest BCUT2D eigenvalue weighted by Crippen LogP contribution is 2.38. The van der Waals surface area contributed by atoms with E-state index in [4.69, 9.17) is 25.8 Å². The first kappa shape index (κ1) is 25.0. The minimum Gasteiger partial charge on any atom is -0.493 e. The smallest absolute Gasteiger partial charge is 0.363 e. The molecule has 1 heterocycles. The quantitative estimate of drug-likeness (QED) is 0.156. The number of methoxy groups -OCH3 is 1. The highest BCUT2D eigenvalue weighted by Gasteiger charge is 2.25. The summed E-state index contributed by atoms with van der Waals surface area (Å²) in [4.78, 5) is 29.6. The zero-order valence-corrected chi connectivity index (χ0v) is 21.4. The van der Waals surface area contributed by atoms with E-state index >= 15 is 0 Å². The Kier molecular flexibility index (Phi) is 7.07. The van der Waals surface area contributed by atoms with Crippen molar-refractivity contribution < 1.29 is 23.8 Å². The maximum Gasteiger partial charge on any atom is 0.363 e. The summed E-state index contributed by atoms with van der Waals surface area (Å²) in [7, 11) is 1.44. The third-order valence-electron chi connectivity index (χ3n) is 5.97. The van der Waals surface area contributed by atoms with Gasteiger partial charge in [-0.3, -0.25) is 0 Å². The van der Waals surface area contributed by atoms with Crippen molar-refractivity contribution in [2.24, 2.45) is 4.99 Å². The number of benzene rings is 4. The number of hydrogen-bond donors (Lipinski definition) is 0. The molecule has 0 N–H and O–H groups in total. The Morgan fingerprint density at radius 1 is 0.895 bits per heavy atom. The van der Waals surface area contributed by atoms with E-state index < -0.39 is 11.9 Å². The van der Waals surface area contributed by atoms with Crippen LogP contribution in [0, 0.1) is 6.92 Å². The van der Waals surface area contributed by atoms with Crippen molar-refractivity contribution in [1.29, 1.82) is 0 Å². The Hall–Kier alpha value is -4.68. The number of esters is 2. The second-order valence-electron chi connectivity index (χ2n) is 8.52. The zero-order chi connectivity index (χ0) is 26.6. The fourth-order valence-electron chi connectivity index (χ4n) is 4.00. The van der Waals surface area contributed by atoms with E-state index in [9.17, 15) is 9.59 Å². The minimum atomic E-state index is -0.586. The van der Waals surface area contributed by atoms with Gasteiger partial charge < -0.3 is 14.2 Å². The van der Waals surface area contributed by atoms with Crippen LogP contribution in [0.4, 0.5) is 0 Å². The third kappa shape index (κ3) is 5.21. The minimum absolute atomic E-state index is 0.0845. The predicted molar refractivity (Wildman–Crippen MR) is 147 cm³/mol. The molecule has 5 rings (SSSR count). The third-order valence-corrected chi connectivity index (χ3v) is 6.26. The van der Waals surface area contributed by atoms with Crippen LogP contribution in [0.25, 0.3) is 17.2 Å². The van der Waals surface area contributed by atoms with E-state index in [-0.39, 0.29) is 28.1 Å². The first-order valence-corrected chi connectivity index (χ1v) is 12.1. The van der Waals surface area contributed by atoms with E-state index in [1.165, 1.54) is 13.2 Å². The lowest BCUT2D eigenvalue weighted by molar-refractivity contribution is -0.129. The topological polar surface area (TPSA) is 74.2 Å². The van der Waals surface area contributed by atoms with Gasteiger partial charge in [0.05, 0.1) is 17.7 Å². The molecule has 1 aliphatic heterocycles. The van der Waals surface area contributed by atoms with Crippen LogP contribution in [0.1, 0.15) is 27.0 Å². The van der Waals surface area contributed by atoms with Crippen LogP contribution in [-0.4, -0.2) is 24.9 Å². The predicted octanol–water partition coefficient (Wildman–Crippen LogP) is 6.89. The van der Waals surface area contributed by atoms with Gasteiger partial charge in [-0.05, 0) is 65.6 Å². The Morgan fingerprint density at radius 2 is 1.55 bits per heavy atom. The summed E-state index contributed by atoms with van der Waals surface area (Å²) < 4.78 is 16.4. The summed E-state index contributed by atoms with van der Waals surface area (Å²) in [5.41, 5.74) is 4.63. The Balaban J connectivity index is 1.39. The molecule has 1 aliphatic rings. The van der Waals surface area contributed by atoms with E-state index in [1.54, 1.807) is 24.3 Å². The van der Waals surface area contributed by atoms with Gasteiger partial charge in [0.15, 0.2) is 17.2 Å². The van der Waals surface area contributed by atoms with Gasteiger partial charge in [0, 0.05) is 5.56 Å². The maximum atomic E-state index is 12.7. The van der Waals surface area contributed by atoms with Gasteiger partial charge in [0.1, 0.15) is 0 Å². The molecule has 188 valence electrons. The highest BCUT2D eigenvalue weighted by atomic mass is 35.5.